The molecule has 2 rings (SSSR count). The Bertz CT molecular complexity index is 634. The molecule has 0 aliphatic rings. The number of nitrogens with zero attached hydrogens (tertiary/aromatic N) is 2. The largest absolute Gasteiger partial charge is 0.197 e. The molecular weight excluding hydrogens is 268 g/mol. The molecule has 2 aromatic carbocycles. The standard InChI is InChI=1S/C17H13ClN2/c18-16-8-6-15(7-9-16)11-17(12-19,13-20)10-14-4-2-1-3-5-14/h1-9H,10-11H2. The molecule has 0 atom stereocenters. The van der Waals surface area contributed by atoms with Crippen molar-refractivity contribution in [1.82, 2.24) is 0 Å². The minimum Gasteiger partial charge on any atom is -0.197 e. The molecule has 3 heteroatoms. The van der Waals surface area contributed by atoms with E-state index < -0.39 is 5.41 Å². The maximum atomic E-state index is 9.46. The second-order valence-corrected chi connectivity index (χ2v) is 5.21. The molecule has 0 amide bonds. The topological polar surface area (TPSA) is 47.6 Å². The summed E-state index contributed by atoms with van der Waals surface area (Å²) in [5.74, 6) is 0. The highest BCUT2D eigenvalue weighted by atomic mass is 35.5. The predicted octanol–water partition coefficient (Wildman–Crippen LogP) is 4.16. The molecule has 2 aromatic rings. The molecule has 2 nitrogen and oxygen atoms in total. The van der Waals surface area contributed by atoms with E-state index in [1.807, 2.05) is 42.5 Å². The fourth-order valence-corrected chi connectivity index (χ4v) is 2.27. The minimum atomic E-state index is -1.05. The third-order valence-electron chi connectivity index (χ3n) is 3.20. The number of nitriles is 2. The number of rotatable bonds is 4. The Hall–Kier alpha value is -2.29. The van der Waals surface area contributed by atoms with Crippen LogP contribution in [-0.2, 0) is 12.8 Å². The first-order valence-electron chi connectivity index (χ1n) is 6.28. The smallest absolute Gasteiger partial charge is 0.151 e. The SMILES string of the molecule is N#CC(C#N)(Cc1ccccc1)Cc1ccc(Cl)cc1. The van der Waals surface area contributed by atoms with Crippen LogP contribution in [0.2, 0.25) is 5.02 Å². The Balaban J connectivity index is 2.24. The van der Waals surface area contributed by atoms with Crippen molar-refractivity contribution in [3.63, 3.8) is 0 Å². The Labute approximate surface area is 123 Å². The highest BCUT2D eigenvalue weighted by Gasteiger charge is 2.30. The number of halogens is 1. The molecule has 0 radical (unpaired) electrons. The van der Waals surface area contributed by atoms with E-state index in [1.165, 1.54) is 0 Å². The quantitative estimate of drug-likeness (QED) is 0.844. The van der Waals surface area contributed by atoms with E-state index in [1.54, 1.807) is 12.1 Å². The van der Waals surface area contributed by atoms with E-state index in [0.29, 0.717) is 17.9 Å². The number of hydrogen-bond donors (Lipinski definition) is 0. The molecular formula is C17H13ClN2. The van der Waals surface area contributed by atoms with Gasteiger partial charge in [-0.05, 0) is 23.3 Å². The summed E-state index contributed by atoms with van der Waals surface area (Å²) in [6.45, 7) is 0. The van der Waals surface area contributed by atoms with Crippen LogP contribution in [0.15, 0.2) is 54.6 Å². The molecule has 0 fully saturated rings. The minimum absolute atomic E-state index is 0.395. The normalized spacial score (nSPS) is 10.6. The van der Waals surface area contributed by atoms with E-state index in [0.717, 1.165) is 11.1 Å². The molecule has 20 heavy (non-hydrogen) atoms. The second kappa shape index (κ2) is 6.24. The van der Waals surface area contributed by atoms with E-state index in [4.69, 9.17) is 11.6 Å². The average molecular weight is 281 g/mol. The van der Waals surface area contributed by atoms with Gasteiger partial charge in [0.1, 0.15) is 0 Å². The lowest BCUT2D eigenvalue weighted by atomic mass is 9.79. The Morgan fingerprint density at radius 3 is 1.80 bits per heavy atom. The van der Waals surface area contributed by atoms with Crippen LogP contribution in [0.1, 0.15) is 11.1 Å². The van der Waals surface area contributed by atoms with Gasteiger partial charge < -0.3 is 0 Å². The molecule has 0 aliphatic carbocycles. The van der Waals surface area contributed by atoms with Gasteiger partial charge in [-0.25, -0.2) is 0 Å². The Morgan fingerprint density at radius 2 is 1.30 bits per heavy atom. The lowest BCUT2D eigenvalue weighted by Crippen LogP contribution is -2.22. The number of hydrogen-bond acceptors (Lipinski definition) is 2. The zero-order chi connectivity index (χ0) is 14.4. The van der Waals surface area contributed by atoms with Gasteiger partial charge in [0.2, 0.25) is 0 Å². The van der Waals surface area contributed by atoms with Crippen molar-refractivity contribution in [2.75, 3.05) is 0 Å². The summed E-state index contributed by atoms with van der Waals surface area (Å²) in [6, 6.07) is 21.3. The fourth-order valence-electron chi connectivity index (χ4n) is 2.14. The molecule has 0 aliphatic heterocycles. The molecule has 98 valence electrons. The van der Waals surface area contributed by atoms with Crippen LogP contribution in [0.4, 0.5) is 0 Å². The molecule has 0 N–H and O–H groups in total. The monoisotopic (exact) mass is 280 g/mol. The van der Waals surface area contributed by atoms with Gasteiger partial charge in [0.15, 0.2) is 5.41 Å². The average Bonchev–Trinajstić information content (AvgIpc) is 2.50. The molecule has 0 aromatic heterocycles. The van der Waals surface area contributed by atoms with Crippen molar-refractivity contribution in [3.05, 3.63) is 70.7 Å². The van der Waals surface area contributed by atoms with Crippen molar-refractivity contribution in [3.8, 4) is 12.1 Å². The van der Waals surface area contributed by atoms with Gasteiger partial charge in [0, 0.05) is 17.9 Å². The van der Waals surface area contributed by atoms with Crippen LogP contribution in [0.5, 0.6) is 0 Å². The van der Waals surface area contributed by atoms with E-state index >= 15 is 0 Å². The molecule has 0 saturated heterocycles. The summed E-state index contributed by atoms with van der Waals surface area (Å²) in [4.78, 5) is 0. The predicted molar refractivity (Wildman–Crippen MR) is 79.0 cm³/mol. The third kappa shape index (κ3) is 3.38. The molecule has 0 saturated carbocycles. The van der Waals surface area contributed by atoms with Crippen molar-refractivity contribution >= 4 is 11.6 Å². The van der Waals surface area contributed by atoms with Crippen molar-refractivity contribution < 1.29 is 0 Å². The van der Waals surface area contributed by atoms with E-state index in [2.05, 4.69) is 12.1 Å². The van der Waals surface area contributed by atoms with Crippen molar-refractivity contribution in [1.29, 1.82) is 10.5 Å². The first-order chi connectivity index (χ1) is 9.67. The summed E-state index contributed by atoms with van der Waals surface area (Å²) >= 11 is 5.85. The van der Waals surface area contributed by atoms with Gasteiger partial charge in [-0.2, -0.15) is 10.5 Å². The Morgan fingerprint density at radius 1 is 0.800 bits per heavy atom. The van der Waals surface area contributed by atoms with Crippen LogP contribution in [0.25, 0.3) is 0 Å². The number of benzene rings is 2. The molecule has 0 spiro atoms. The zero-order valence-corrected chi connectivity index (χ0v) is 11.6. The van der Waals surface area contributed by atoms with Gasteiger partial charge in [-0.1, -0.05) is 54.1 Å². The molecule has 0 bridgehead atoms. The van der Waals surface area contributed by atoms with Gasteiger partial charge >= 0.3 is 0 Å². The zero-order valence-electron chi connectivity index (χ0n) is 10.9. The van der Waals surface area contributed by atoms with Crippen molar-refractivity contribution in [2.24, 2.45) is 5.41 Å². The second-order valence-electron chi connectivity index (χ2n) is 4.77. The highest BCUT2D eigenvalue weighted by molar-refractivity contribution is 6.30. The lowest BCUT2D eigenvalue weighted by Gasteiger charge is -2.18. The maximum Gasteiger partial charge on any atom is 0.151 e. The van der Waals surface area contributed by atoms with Crippen LogP contribution in [-0.4, -0.2) is 0 Å². The molecule has 0 unspecified atom stereocenters. The van der Waals surface area contributed by atoms with E-state index in [9.17, 15) is 10.5 Å². The van der Waals surface area contributed by atoms with Crippen molar-refractivity contribution in [2.45, 2.75) is 12.8 Å². The van der Waals surface area contributed by atoms with E-state index in [-0.39, 0.29) is 0 Å². The maximum absolute atomic E-state index is 9.46. The first kappa shape index (κ1) is 14.1. The summed E-state index contributed by atoms with van der Waals surface area (Å²) in [7, 11) is 0. The lowest BCUT2D eigenvalue weighted by molar-refractivity contribution is 0.515. The first-order valence-corrected chi connectivity index (χ1v) is 6.66. The van der Waals surface area contributed by atoms with Crippen LogP contribution in [0.3, 0.4) is 0 Å². The van der Waals surface area contributed by atoms with Gasteiger partial charge in [0.25, 0.3) is 0 Å². The fraction of sp³-hybridized carbons (Fsp3) is 0.176. The molecule has 0 heterocycles. The van der Waals surface area contributed by atoms with Crippen LogP contribution in [0, 0.1) is 28.1 Å². The van der Waals surface area contributed by atoms with Gasteiger partial charge in [0.05, 0.1) is 12.1 Å². The summed E-state index contributed by atoms with van der Waals surface area (Å²) in [5, 5.41) is 19.6. The summed E-state index contributed by atoms with van der Waals surface area (Å²) in [5.41, 5.74) is 0.882. The van der Waals surface area contributed by atoms with Gasteiger partial charge in [-0.15, -0.1) is 0 Å². The summed E-state index contributed by atoms with van der Waals surface area (Å²) in [6.07, 6.45) is 0.815. The van der Waals surface area contributed by atoms with Gasteiger partial charge in [-0.3, -0.25) is 0 Å². The third-order valence-corrected chi connectivity index (χ3v) is 3.45. The summed E-state index contributed by atoms with van der Waals surface area (Å²) < 4.78 is 0. The van der Waals surface area contributed by atoms with Crippen LogP contribution < -0.4 is 0 Å². The Kier molecular flexibility index (Phi) is 4.41. The highest BCUT2D eigenvalue weighted by Crippen LogP contribution is 2.27. The van der Waals surface area contributed by atoms with Crippen LogP contribution >= 0.6 is 11.6 Å².